The predicted molar refractivity (Wildman–Crippen MR) is 80.8 cm³/mol. The van der Waals surface area contributed by atoms with Crippen LogP contribution in [-0.2, 0) is 0 Å². The largest absolute Gasteiger partial charge is 0.497 e. The Hall–Kier alpha value is -2.38. The molecule has 3 rings (SSSR count). The van der Waals surface area contributed by atoms with Crippen LogP contribution >= 0.6 is 11.6 Å². The molecular weight excluding hydrogens is 292 g/mol. The molecule has 2 heterocycles. The Kier molecular flexibility index (Phi) is 3.36. The summed E-state index contributed by atoms with van der Waals surface area (Å²) in [7, 11) is 1.62. The first-order valence-electron chi connectivity index (χ1n) is 6.17. The molecule has 8 heteroatoms. The predicted octanol–water partition coefficient (Wildman–Crippen LogP) is 2.07. The quantitative estimate of drug-likeness (QED) is 0.437. The van der Waals surface area contributed by atoms with Crippen molar-refractivity contribution < 1.29 is 4.74 Å². The van der Waals surface area contributed by atoms with Gasteiger partial charge in [-0.05, 0) is 30.7 Å². The molecule has 0 saturated carbocycles. The lowest BCUT2D eigenvalue weighted by Crippen LogP contribution is -2.10. The van der Waals surface area contributed by atoms with Gasteiger partial charge in [0.25, 0.3) is 0 Å². The summed E-state index contributed by atoms with van der Waals surface area (Å²) < 4.78 is 7.12. The van der Waals surface area contributed by atoms with Gasteiger partial charge in [0.05, 0.1) is 12.8 Å². The maximum atomic E-state index is 5.95. The summed E-state index contributed by atoms with van der Waals surface area (Å²) >= 11 is 5.95. The maximum Gasteiger partial charge on any atom is 0.226 e. The van der Waals surface area contributed by atoms with Crippen molar-refractivity contribution in [3.63, 3.8) is 0 Å². The van der Waals surface area contributed by atoms with Crippen LogP contribution in [0.4, 0.5) is 5.82 Å². The van der Waals surface area contributed by atoms with Crippen molar-refractivity contribution in [2.75, 3.05) is 12.5 Å². The fourth-order valence-electron chi connectivity index (χ4n) is 2.20. The zero-order valence-electron chi connectivity index (χ0n) is 11.5. The molecule has 21 heavy (non-hydrogen) atoms. The van der Waals surface area contributed by atoms with Crippen molar-refractivity contribution in [3.05, 3.63) is 35.4 Å². The molecule has 3 aromatic rings. The van der Waals surface area contributed by atoms with Crippen LogP contribution in [0.2, 0.25) is 5.28 Å². The number of nitrogens with two attached hydrogens (primary N) is 1. The topological polar surface area (TPSA) is 90.9 Å². The second kappa shape index (κ2) is 5.19. The summed E-state index contributed by atoms with van der Waals surface area (Å²) in [5, 5.41) is 0.0968. The van der Waals surface area contributed by atoms with Gasteiger partial charge in [-0.25, -0.2) is 10.8 Å². The van der Waals surface area contributed by atoms with Gasteiger partial charge in [0.2, 0.25) is 5.28 Å². The number of methoxy groups -OCH3 is 1. The average Bonchev–Trinajstić information content (AvgIpc) is 2.82. The number of hydrazine groups is 1. The molecule has 2 aromatic heterocycles. The highest BCUT2D eigenvalue weighted by molar-refractivity contribution is 6.28. The van der Waals surface area contributed by atoms with Crippen LogP contribution in [-0.4, -0.2) is 26.6 Å². The fourth-order valence-corrected chi connectivity index (χ4v) is 2.36. The number of halogens is 1. The van der Waals surface area contributed by atoms with E-state index in [9.17, 15) is 0 Å². The van der Waals surface area contributed by atoms with E-state index < -0.39 is 0 Å². The Morgan fingerprint density at radius 3 is 2.81 bits per heavy atom. The minimum atomic E-state index is 0.0968. The van der Waals surface area contributed by atoms with Crippen molar-refractivity contribution in [3.8, 4) is 11.4 Å². The van der Waals surface area contributed by atoms with Crippen LogP contribution < -0.4 is 16.0 Å². The van der Waals surface area contributed by atoms with Crippen LogP contribution in [0.3, 0.4) is 0 Å². The normalized spacial score (nSPS) is 10.9. The van der Waals surface area contributed by atoms with Gasteiger partial charge in [-0.1, -0.05) is 6.07 Å². The lowest BCUT2D eigenvalue weighted by Gasteiger charge is -2.08. The lowest BCUT2D eigenvalue weighted by atomic mass is 10.3. The van der Waals surface area contributed by atoms with E-state index in [1.807, 2.05) is 35.8 Å². The Morgan fingerprint density at radius 1 is 1.29 bits per heavy atom. The minimum Gasteiger partial charge on any atom is -0.497 e. The molecule has 0 aliphatic rings. The molecule has 0 atom stereocenters. The zero-order valence-corrected chi connectivity index (χ0v) is 12.2. The van der Waals surface area contributed by atoms with Gasteiger partial charge in [0.1, 0.15) is 11.6 Å². The highest BCUT2D eigenvalue weighted by Gasteiger charge is 2.16. The van der Waals surface area contributed by atoms with E-state index >= 15 is 0 Å². The van der Waals surface area contributed by atoms with Crippen LogP contribution in [0, 0.1) is 6.92 Å². The van der Waals surface area contributed by atoms with Crippen molar-refractivity contribution in [1.82, 2.24) is 19.5 Å². The minimum absolute atomic E-state index is 0.0968. The van der Waals surface area contributed by atoms with Gasteiger partial charge in [0, 0.05) is 6.07 Å². The van der Waals surface area contributed by atoms with Gasteiger partial charge in [-0.2, -0.15) is 9.97 Å². The number of hydrogen-bond donors (Lipinski definition) is 2. The third-order valence-corrected chi connectivity index (χ3v) is 3.26. The molecule has 0 spiro atoms. The number of benzene rings is 1. The molecule has 3 N–H and O–H groups in total. The van der Waals surface area contributed by atoms with Gasteiger partial charge < -0.3 is 10.2 Å². The summed E-state index contributed by atoms with van der Waals surface area (Å²) in [5.74, 6) is 7.33. The lowest BCUT2D eigenvalue weighted by molar-refractivity contribution is 0.414. The second-order valence-electron chi connectivity index (χ2n) is 4.35. The third kappa shape index (κ3) is 2.26. The molecule has 0 fully saturated rings. The summed E-state index contributed by atoms with van der Waals surface area (Å²) in [6, 6.07) is 7.58. The fraction of sp³-hybridized carbons (Fsp3) is 0.154. The molecular formula is C13H13ClN6O. The SMILES string of the molecule is COc1cccc(-n2c(C)nc3c(NN)nc(Cl)nc32)c1. The van der Waals surface area contributed by atoms with Gasteiger partial charge in [0.15, 0.2) is 17.0 Å². The molecule has 0 amide bonds. The number of imidazole rings is 1. The van der Waals surface area contributed by atoms with E-state index in [4.69, 9.17) is 22.2 Å². The molecule has 0 bridgehead atoms. The molecule has 0 radical (unpaired) electrons. The number of nitrogen functional groups attached to an aromatic ring is 1. The van der Waals surface area contributed by atoms with Crippen molar-refractivity contribution >= 4 is 28.6 Å². The van der Waals surface area contributed by atoms with Crippen molar-refractivity contribution in [1.29, 1.82) is 0 Å². The van der Waals surface area contributed by atoms with Gasteiger partial charge in [-0.3, -0.25) is 4.57 Å². The van der Waals surface area contributed by atoms with E-state index in [1.54, 1.807) is 7.11 Å². The number of hydrogen-bond acceptors (Lipinski definition) is 6. The second-order valence-corrected chi connectivity index (χ2v) is 4.69. The molecule has 0 saturated heterocycles. The standard InChI is InChI=1S/C13H13ClN6O/c1-7-16-10-11(19-15)17-13(14)18-12(10)20(7)8-4-3-5-9(6-8)21-2/h3-6H,15H2,1-2H3,(H,17,18,19). The molecule has 7 nitrogen and oxygen atoms in total. The third-order valence-electron chi connectivity index (χ3n) is 3.10. The summed E-state index contributed by atoms with van der Waals surface area (Å²) in [6.45, 7) is 1.87. The van der Waals surface area contributed by atoms with Crippen LogP contribution in [0.1, 0.15) is 5.82 Å². The average molecular weight is 305 g/mol. The number of aromatic nitrogens is 4. The van der Waals surface area contributed by atoms with Crippen molar-refractivity contribution in [2.24, 2.45) is 5.84 Å². The Balaban J connectivity index is 2.31. The highest BCUT2D eigenvalue weighted by atomic mass is 35.5. The molecule has 0 aliphatic carbocycles. The van der Waals surface area contributed by atoms with E-state index in [-0.39, 0.29) is 5.28 Å². The Labute approximate surface area is 125 Å². The molecule has 108 valence electrons. The monoisotopic (exact) mass is 304 g/mol. The van der Waals surface area contributed by atoms with E-state index in [1.165, 1.54) is 0 Å². The highest BCUT2D eigenvalue weighted by Crippen LogP contribution is 2.26. The van der Waals surface area contributed by atoms with Crippen molar-refractivity contribution in [2.45, 2.75) is 6.92 Å². The molecule has 0 aliphatic heterocycles. The summed E-state index contributed by atoms with van der Waals surface area (Å²) in [4.78, 5) is 12.7. The zero-order chi connectivity index (χ0) is 15.0. The van der Waals surface area contributed by atoms with E-state index in [0.29, 0.717) is 17.0 Å². The van der Waals surface area contributed by atoms with Gasteiger partial charge in [-0.15, -0.1) is 0 Å². The number of rotatable bonds is 3. The smallest absolute Gasteiger partial charge is 0.226 e. The first kappa shape index (κ1) is 13.6. The molecule has 0 unspecified atom stereocenters. The van der Waals surface area contributed by atoms with Crippen LogP contribution in [0.25, 0.3) is 16.9 Å². The summed E-state index contributed by atoms with van der Waals surface area (Å²) in [6.07, 6.45) is 0. The van der Waals surface area contributed by atoms with Gasteiger partial charge >= 0.3 is 0 Å². The molecule has 1 aromatic carbocycles. The Morgan fingerprint density at radius 2 is 2.10 bits per heavy atom. The number of aryl methyl sites for hydroxylation is 1. The van der Waals surface area contributed by atoms with Crippen LogP contribution in [0.15, 0.2) is 24.3 Å². The number of nitrogens with one attached hydrogen (secondary N) is 1. The maximum absolute atomic E-state index is 5.95. The number of fused-ring (bicyclic) bond motifs is 1. The van der Waals surface area contributed by atoms with E-state index in [2.05, 4.69) is 20.4 Å². The number of anilines is 1. The van der Waals surface area contributed by atoms with E-state index in [0.717, 1.165) is 17.3 Å². The number of ether oxygens (including phenoxy) is 1. The Bertz CT molecular complexity index is 816. The van der Waals surface area contributed by atoms with Crippen LogP contribution in [0.5, 0.6) is 5.75 Å². The number of nitrogens with zero attached hydrogens (tertiary/aromatic N) is 4. The first-order chi connectivity index (χ1) is 10.1. The summed E-state index contributed by atoms with van der Waals surface area (Å²) in [5.41, 5.74) is 4.49. The first-order valence-corrected chi connectivity index (χ1v) is 6.55.